The molecule has 0 unspecified atom stereocenters. The van der Waals surface area contributed by atoms with Gasteiger partial charge in [0.05, 0.1) is 0 Å². The van der Waals surface area contributed by atoms with Crippen LogP contribution in [0.1, 0.15) is 43.0 Å². The Balaban J connectivity index is 0.000000963. The maximum Gasteiger partial charge on any atom is 0.0242 e. The number of hydrogen-bond acceptors (Lipinski definition) is 0. The summed E-state index contributed by atoms with van der Waals surface area (Å²) in [6.07, 6.45) is 6.95. The zero-order valence-electron chi connectivity index (χ0n) is 10.2. The molecular formula is C15H17Zr. The maximum absolute atomic E-state index is 2.41. The van der Waals surface area contributed by atoms with E-state index in [4.69, 9.17) is 0 Å². The molecule has 2 aliphatic rings. The van der Waals surface area contributed by atoms with E-state index in [-0.39, 0.29) is 26.2 Å². The first-order valence-electron chi connectivity index (χ1n) is 5.73. The summed E-state index contributed by atoms with van der Waals surface area (Å²) in [6, 6.07) is 4.81. The molecule has 0 fully saturated rings. The van der Waals surface area contributed by atoms with E-state index in [1.807, 2.05) is 0 Å². The van der Waals surface area contributed by atoms with Gasteiger partial charge in [-0.25, -0.2) is 0 Å². The quantitative estimate of drug-likeness (QED) is 0.681. The number of hydrogen-bond donors (Lipinski definition) is 0. The van der Waals surface area contributed by atoms with Gasteiger partial charge in [0.25, 0.3) is 0 Å². The Morgan fingerprint density at radius 1 is 1.00 bits per heavy atom. The summed E-state index contributed by atoms with van der Waals surface area (Å²) in [5.74, 6) is 1.41. The number of fused-ring (bicyclic) bond motifs is 2. The molecule has 1 heteroatoms. The predicted octanol–water partition coefficient (Wildman–Crippen LogP) is 3.78. The largest absolute Gasteiger partial charge is 0.0724 e. The summed E-state index contributed by atoms with van der Waals surface area (Å²) in [7, 11) is 0. The Hall–Kier alpha value is -0.157. The normalized spacial score (nSPS) is 20.4. The molecule has 0 saturated heterocycles. The second-order valence-electron chi connectivity index (χ2n) is 5.74. The van der Waals surface area contributed by atoms with Crippen molar-refractivity contribution in [3.63, 3.8) is 0 Å². The van der Waals surface area contributed by atoms with Gasteiger partial charge in [0.15, 0.2) is 0 Å². The molecule has 0 heterocycles. The van der Waals surface area contributed by atoms with E-state index < -0.39 is 0 Å². The van der Waals surface area contributed by atoms with Gasteiger partial charge in [-0.1, -0.05) is 45.1 Å². The van der Waals surface area contributed by atoms with Gasteiger partial charge in [0.2, 0.25) is 0 Å². The molecule has 0 amide bonds. The monoisotopic (exact) mass is 287 g/mol. The average molecular weight is 289 g/mol. The minimum absolute atomic E-state index is 0. The van der Waals surface area contributed by atoms with Crippen molar-refractivity contribution in [1.29, 1.82) is 0 Å². The third kappa shape index (κ3) is 1.88. The van der Waals surface area contributed by atoms with Crippen molar-refractivity contribution in [1.82, 2.24) is 0 Å². The summed E-state index contributed by atoms with van der Waals surface area (Å²) in [5.41, 5.74) is 6.48. The van der Waals surface area contributed by atoms with Gasteiger partial charge in [-0.2, -0.15) is 0 Å². The second-order valence-corrected chi connectivity index (χ2v) is 5.74. The van der Waals surface area contributed by atoms with Gasteiger partial charge in [-0.05, 0) is 40.5 Å². The average Bonchev–Trinajstić information content (AvgIpc) is 2.62. The van der Waals surface area contributed by atoms with Crippen LogP contribution in [0.25, 0.3) is 6.08 Å². The first-order valence-corrected chi connectivity index (χ1v) is 5.73. The van der Waals surface area contributed by atoms with E-state index in [1.165, 1.54) is 29.9 Å². The molecule has 3 rings (SSSR count). The topological polar surface area (TPSA) is 0 Å². The first kappa shape index (κ1) is 12.3. The molecule has 1 aromatic rings. The molecule has 0 aromatic heterocycles. The zero-order valence-corrected chi connectivity index (χ0v) is 12.7. The molecule has 16 heavy (non-hydrogen) atoms. The van der Waals surface area contributed by atoms with Gasteiger partial charge >= 0.3 is 0 Å². The molecule has 0 aliphatic heterocycles. The van der Waals surface area contributed by atoms with E-state index in [1.54, 1.807) is 11.1 Å². The van der Waals surface area contributed by atoms with Crippen LogP contribution in [0.5, 0.6) is 0 Å². The SMILES string of the molecule is C[C]1C=Cc2cc3c(cc21)CC(C)(C)C3.[Zr]. The smallest absolute Gasteiger partial charge is 0.0242 e. The summed E-state index contributed by atoms with van der Waals surface area (Å²) in [5, 5.41) is 0. The number of rotatable bonds is 0. The Kier molecular flexibility index (Phi) is 3.04. The summed E-state index contributed by atoms with van der Waals surface area (Å²) in [4.78, 5) is 0. The molecule has 1 radical (unpaired) electrons. The minimum atomic E-state index is 0. The van der Waals surface area contributed by atoms with Crippen LogP contribution in [0.2, 0.25) is 0 Å². The van der Waals surface area contributed by atoms with Crippen molar-refractivity contribution < 1.29 is 26.2 Å². The summed E-state index contributed by atoms with van der Waals surface area (Å²) in [6.45, 7) is 6.93. The van der Waals surface area contributed by atoms with Crippen LogP contribution in [0.3, 0.4) is 0 Å². The van der Waals surface area contributed by atoms with Crippen molar-refractivity contribution in [2.45, 2.75) is 33.6 Å². The third-order valence-electron chi connectivity index (χ3n) is 3.65. The van der Waals surface area contributed by atoms with Crippen molar-refractivity contribution in [3.05, 3.63) is 46.4 Å². The number of benzene rings is 1. The molecule has 0 N–H and O–H groups in total. The van der Waals surface area contributed by atoms with E-state index >= 15 is 0 Å². The molecule has 1 aromatic carbocycles. The Morgan fingerprint density at radius 2 is 1.62 bits per heavy atom. The Labute approximate surface area is 117 Å². The van der Waals surface area contributed by atoms with Gasteiger partial charge in [-0.15, -0.1) is 0 Å². The molecule has 0 bridgehead atoms. The van der Waals surface area contributed by atoms with Crippen LogP contribution >= 0.6 is 0 Å². The molecule has 0 nitrogen and oxygen atoms in total. The number of allylic oxidation sites excluding steroid dienone is 1. The summed E-state index contributed by atoms with van der Waals surface area (Å²) < 4.78 is 0. The van der Waals surface area contributed by atoms with Gasteiger partial charge in [0, 0.05) is 32.1 Å². The Morgan fingerprint density at radius 3 is 2.31 bits per heavy atom. The fraction of sp³-hybridized carbons (Fsp3) is 0.400. The molecule has 0 atom stereocenters. The second kappa shape index (κ2) is 3.95. The van der Waals surface area contributed by atoms with Crippen LogP contribution in [0.4, 0.5) is 0 Å². The zero-order chi connectivity index (χ0) is 10.6. The standard InChI is InChI=1S/C15H17.Zr/c1-10-4-5-11-6-12-8-15(2,3)9-13(12)7-14(10)11;/h4-7H,8-9H2,1-3H3;. The third-order valence-corrected chi connectivity index (χ3v) is 3.65. The van der Waals surface area contributed by atoms with Crippen LogP contribution in [-0.2, 0) is 39.0 Å². The Bertz CT molecular complexity index is 455. The first-order chi connectivity index (χ1) is 7.05. The minimum Gasteiger partial charge on any atom is -0.0724 e. The van der Waals surface area contributed by atoms with E-state index in [0.29, 0.717) is 5.41 Å². The fourth-order valence-electron chi connectivity index (χ4n) is 2.92. The van der Waals surface area contributed by atoms with Crippen molar-refractivity contribution in [3.8, 4) is 0 Å². The van der Waals surface area contributed by atoms with Crippen LogP contribution in [-0.4, -0.2) is 0 Å². The van der Waals surface area contributed by atoms with E-state index in [2.05, 4.69) is 45.1 Å². The van der Waals surface area contributed by atoms with Crippen LogP contribution < -0.4 is 0 Å². The van der Waals surface area contributed by atoms with Crippen LogP contribution in [0.15, 0.2) is 18.2 Å². The van der Waals surface area contributed by atoms with E-state index in [0.717, 1.165) is 0 Å². The van der Waals surface area contributed by atoms with Crippen molar-refractivity contribution >= 4 is 6.08 Å². The van der Waals surface area contributed by atoms with Crippen molar-refractivity contribution in [2.75, 3.05) is 0 Å². The molecule has 2 aliphatic carbocycles. The maximum atomic E-state index is 2.41. The van der Waals surface area contributed by atoms with Gasteiger partial charge < -0.3 is 0 Å². The fourth-order valence-corrected chi connectivity index (χ4v) is 2.92. The molecule has 0 spiro atoms. The molecular weight excluding hydrogens is 271 g/mol. The van der Waals surface area contributed by atoms with Gasteiger partial charge in [0.1, 0.15) is 0 Å². The molecule has 81 valence electrons. The predicted molar refractivity (Wildman–Crippen MR) is 64.7 cm³/mol. The van der Waals surface area contributed by atoms with Crippen LogP contribution in [0, 0.1) is 11.3 Å². The van der Waals surface area contributed by atoms with Crippen molar-refractivity contribution in [2.24, 2.45) is 5.41 Å². The van der Waals surface area contributed by atoms with Gasteiger partial charge in [-0.3, -0.25) is 0 Å². The molecule has 0 saturated carbocycles. The van der Waals surface area contributed by atoms with E-state index in [9.17, 15) is 0 Å². The summed E-state index contributed by atoms with van der Waals surface area (Å²) >= 11 is 0.